The monoisotopic (exact) mass is 389 g/mol. The van der Waals surface area contributed by atoms with Crippen LogP contribution in [0, 0.1) is 5.92 Å². The van der Waals surface area contributed by atoms with Crippen molar-refractivity contribution in [2.45, 2.75) is 64.7 Å². The molecule has 0 bridgehead atoms. The molecule has 0 aliphatic carbocycles. The summed E-state index contributed by atoms with van der Waals surface area (Å²) in [4.78, 5) is 37.0. The molecule has 1 aromatic carbocycles. The van der Waals surface area contributed by atoms with E-state index in [-0.39, 0.29) is 23.6 Å². The molecular weight excluding hydrogens is 354 g/mol. The summed E-state index contributed by atoms with van der Waals surface area (Å²) in [6.07, 6.45) is 7.81. The number of nitrogens with zero attached hydrogens (tertiary/aromatic N) is 1. The van der Waals surface area contributed by atoms with Gasteiger partial charge in [0.15, 0.2) is 5.78 Å². The molecule has 5 nitrogen and oxygen atoms in total. The van der Waals surface area contributed by atoms with Gasteiger partial charge < -0.3 is 9.64 Å². The summed E-state index contributed by atoms with van der Waals surface area (Å²) in [5, 5.41) is 0. The van der Waals surface area contributed by atoms with Gasteiger partial charge in [-0.05, 0) is 37.3 Å². The Morgan fingerprint density at radius 3 is 2.36 bits per heavy atom. The summed E-state index contributed by atoms with van der Waals surface area (Å²) in [7, 11) is 4.95. The first-order chi connectivity index (χ1) is 13.3. The Kier molecular flexibility index (Phi) is 11.2. The number of methoxy groups -OCH3 is 1. The third kappa shape index (κ3) is 9.16. The molecule has 0 aromatic heterocycles. The highest BCUT2D eigenvalue weighted by atomic mass is 16.5. The van der Waals surface area contributed by atoms with Crippen LogP contribution < -0.4 is 0 Å². The lowest BCUT2D eigenvalue weighted by molar-refractivity contribution is -0.145. The molecule has 5 heteroatoms. The first-order valence-electron chi connectivity index (χ1n) is 10.2. The number of unbranched alkanes of at least 4 members (excludes halogenated alkanes) is 4. The zero-order chi connectivity index (χ0) is 20.9. The number of amides is 1. The minimum atomic E-state index is -0.271. The Balaban J connectivity index is 2.30. The predicted molar refractivity (Wildman–Crippen MR) is 111 cm³/mol. The second-order valence-corrected chi connectivity index (χ2v) is 7.64. The number of aryl methyl sites for hydroxylation is 1. The number of ether oxygens (including phenoxy) is 1. The lowest BCUT2D eigenvalue weighted by Crippen LogP contribution is -2.20. The number of carbonyl (C=O) groups excluding carboxylic acids is 3. The maximum absolute atomic E-state index is 12.4. The van der Waals surface area contributed by atoms with Crippen molar-refractivity contribution in [1.82, 2.24) is 4.90 Å². The van der Waals surface area contributed by atoms with E-state index >= 15 is 0 Å². The van der Waals surface area contributed by atoms with Gasteiger partial charge in [0.05, 0.1) is 13.0 Å². The van der Waals surface area contributed by atoms with Crippen molar-refractivity contribution in [3.8, 4) is 0 Å². The second-order valence-electron chi connectivity index (χ2n) is 7.64. The largest absolute Gasteiger partial charge is 0.469 e. The molecule has 0 heterocycles. The minimum absolute atomic E-state index is 0.0724. The van der Waals surface area contributed by atoms with Crippen molar-refractivity contribution in [3.63, 3.8) is 0 Å². The second kappa shape index (κ2) is 13.1. The van der Waals surface area contributed by atoms with E-state index in [1.807, 2.05) is 18.2 Å². The molecular formula is C23H35NO4. The van der Waals surface area contributed by atoms with Crippen molar-refractivity contribution < 1.29 is 19.1 Å². The minimum Gasteiger partial charge on any atom is -0.469 e. The normalized spacial score (nSPS) is 11.7. The van der Waals surface area contributed by atoms with Crippen molar-refractivity contribution in [3.05, 3.63) is 35.4 Å². The lowest BCUT2D eigenvalue weighted by Gasteiger charge is -2.10. The van der Waals surface area contributed by atoms with Gasteiger partial charge in [0.1, 0.15) is 0 Å². The molecule has 156 valence electrons. The Bertz CT molecular complexity index is 639. The molecule has 0 aliphatic rings. The zero-order valence-corrected chi connectivity index (χ0v) is 17.8. The molecule has 0 spiro atoms. The van der Waals surface area contributed by atoms with Crippen LogP contribution in [0.25, 0.3) is 0 Å². The van der Waals surface area contributed by atoms with Crippen LogP contribution >= 0.6 is 0 Å². The number of carbonyl (C=O) groups is 3. The summed E-state index contributed by atoms with van der Waals surface area (Å²) in [6.45, 7) is 1.78. The Hall–Kier alpha value is -2.17. The van der Waals surface area contributed by atoms with E-state index in [4.69, 9.17) is 4.74 Å². The number of benzene rings is 1. The molecule has 1 atom stereocenters. The molecule has 0 radical (unpaired) electrons. The highest BCUT2D eigenvalue weighted by Crippen LogP contribution is 2.15. The van der Waals surface area contributed by atoms with Crippen molar-refractivity contribution in [2.75, 3.05) is 21.2 Å². The van der Waals surface area contributed by atoms with E-state index in [1.165, 1.54) is 12.7 Å². The summed E-state index contributed by atoms with van der Waals surface area (Å²) in [5.41, 5.74) is 1.89. The van der Waals surface area contributed by atoms with E-state index in [9.17, 15) is 14.4 Å². The number of rotatable bonds is 13. The number of esters is 1. The Morgan fingerprint density at radius 2 is 1.68 bits per heavy atom. The fraction of sp³-hybridized carbons (Fsp3) is 0.609. The summed E-state index contributed by atoms with van der Waals surface area (Å²) >= 11 is 0. The standard InChI is InChI=1S/C23H35NO4/c1-18(23(27)28-4)15-16-21(25)20-13-10-12-19(17-20)11-8-6-5-7-9-14-22(26)24(2)3/h10,12-13,17-18H,5-9,11,14-16H2,1-4H3/t18-/m0/s1. The molecule has 1 rings (SSSR count). The van der Waals surface area contributed by atoms with E-state index < -0.39 is 0 Å². The van der Waals surface area contributed by atoms with Gasteiger partial charge in [0.25, 0.3) is 0 Å². The SMILES string of the molecule is COC(=O)[C@@H](C)CCC(=O)c1cccc(CCCCCCCC(=O)N(C)C)c1. The molecule has 0 unspecified atom stereocenters. The fourth-order valence-electron chi connectivity index (χ4n) is 3.07. The molecule has 28 heavy (non-hydrogen) atoms. The van der Waals surface area contributed by atoms with Gasteiger partial charge in [-0.2, -0.15) is 0 Å². The van der Waals surface area contributed by atoms with Crippen LogP contribution in [-0.2, 0) is 20.7 Å². The van der Waals surface area contributed by atoms with Gasteiger partial charge in [0, 0.05) is 32.5 Å². The van der Waals surface area contributed by atoms with Gasteiger partial charge in [-0.3, -0.25) is 14.4 Å². The number of hydrogen-bond acceptors (Lipinski definition) is 4. The molecule has 1 amide bonds. The number of hydrogen-bond donors (Lipinski definition) is 0. The molecule has 0 saturated carbocycles. The predicted octanol–water partition coefficient (Wildman–Crippen LogP) is 4.43. The van der Waals surface area contributed by atoms with E-state index in [0.29, 0.717) is 19.3 Å². The molecule has 0 N–H and O–H groups in total. The summed E-state index contributed by atoms with van der Waals surface area (Å²) in [5.74, 6) is -0.261. The Labute approximate surface area is 169 Å². The van der Waals surface area contributed by atoms with E-state index in [0.717, 1.165) is 44.1 Å². The first kappa shape index (κ1) is 23.9. The van der Waals surface area contributed by atoms with Crippen LogP contribution in [0.5, 0.6) is 0 Å². The number of ketones is 1. The van der Waals surface area contributed by atoms with Gasteiger partial charge in [-0.25, -0.2) is 0 Å². The van der Waals surface area contributed by atoms with Gasteiger partial charge >= 0.3 is 5.97 Å². The quantitative estimate of drug-likeness (QED) is 0.284. The molecule has 0 aliphatic heterocycles. The van der Waals surface area contributed by atoms with E-state index in [2.05, 4.69) is 6.07 Å². The van der Waals surface area contributed by atoms with Gasteiger partial charge in [0.2, 0.25) is 5.91 Å². The van der Waals surface area contributed by atoms with Crippen molar-refractivity contribution >= 4 is 17.7 Å². The van der Waals surface area contributed by atoms with Gasteiger partial charge in [-0.1, -0.05) is 44.4 Å². The summed E-state index contributed by atoms with van der Waals surface area (Å²) < 4.78 is 4.70. The zero-order valence-electron chi connectivity index (χ0n) is 17.8. The van der Waals surface area contributed by atoms with Crippen LogP contribution in [0.1, 0.15) is 74.2 Å². The van der Waals surface area contributed by atoms with Crippen LogP contribution in [0.15, 0.2) is 24.3 Å². The fourth-order valence-corrected chi connectivity index (χ4v) is 3.07. The van der Waals surface area contributed by atoms with Crippen molar-refractivity contribution in [2.24, 2.45) is 5.92 Å². The maximum Gasteiger partial charge on any atom is 0.308 e. The van der Waals surface area contributed by atoms with Crippen LogP contribution in [-0.4, -0.2) is 43.8 Å². The molecule has 1 aromatic rings. The third-order valence-corrected chi connectivity index (χ3v) is 5.01. The van der Waals surface area contributed by atoms with Crippen molar-refractivity contribution in [1.29, 1.82) is 0 Å². The average molecular weight is 390 g/mol. The van der Waals surface area contributed by atoms with Gasteiger partial charge in [-0.15, -0.1) is 0 Å². The summed E-state index contributed by atoms with van der Waals surface area (Å²) in [6, 6.07) is 7.81. The first-order valence-corrected chi connectivity index (χ1v) is 10.2. The van der Waals surface area contributed by atoms with Crippen LogP contribution in [0.4, 0.5) is 0 Å². The lowest BCUT2D eigenvalue weighted by atomic mass is 9.97. The van der Waals surface area contributed by atoms with E-state index in [1.54, 1.807) is 25.9 Å². The topological polar surface area (TPSA) is 63.7 Å². The highest BCUT2D eigenvalue weighted by molar-refractivity contribution is 5.96. The third-order valence-electron chi connectivity index (χ3n) is 5.01. The van der Waals surface area contributed by atoms with Crippen LogP contribution in [0.2, 0.25) is 0 Å². The smallest absolute Gasteiger partial charge is 0.308 e. The average Bonchev–Trinajstić information content (AvgIpc) is 2.70. The maximum atomic E-state index is 12.4. The molecule has 0 fully saturated rings. The highest BCUT2D eigenvalue weighted by Gasteiger charge is 2.15. The number of Topliss-reactive ketones (excluding diaryl/α,β-unsaturated/α-hetero) is 1. The molecule has 0 saturated heterocycles. The Morgan fingerprint density at radius 1 is 1.00 bits per heavy atom. The van der Waals surface area contributed by atoms with Crippen LogP contribution in [0.3, 0.4) is 0 Å².